The van der Waals surface area contributed by atoms with Gasteiger partial charge in [0.25, 0.3) is 0 Å². The second kappa shape index (κ2) is 5.82. The summed E-state index contributed by atoms with van der Waals surface area (Å²) in [7, 11) is 0. The highest BCUT2D eigenvalue weighted by molar-refractivity contribution is 5.66. The van der Waals surface area contributed by atoms with Crippen molar-refractivity contribution >= 4 is 5.97 Å². The summed E-state index contributed by atoms with van der Waals surface area (Å²) in [6.07, 6.45) is 2.24. The molecular weight excluding hydrogens is 214 g/mol. The number of aliphatic carboxylic acids is 1. The van der Waals surface area contributed by atoms with Crippen LogP contribution in [-0.2, 0) is 4.79 Å². The fourth-order valence-corrected chi connectivity index (χ4v) is 2.49. The van der Waals surface area contributed by atoms with E-state index in [4.69, 9.17) is 5.11 Å². The Morgan fingerprint density at radius 2 is 2.12 bits per heavy atom. The number of benzene rings is 1. The Balaban J connectivity index is 1.78. The summed E-state index contributed by atoms with van der Waals surface area (Å²) in [6, 6.07) is 10.6. The third kappa shape index (κ3) is 3.56. The molecule has 0 aromatic heterocycles. The van der Waals surface area contributed by atoms with Gasteiger partial charge in [-0.1, -0.05) is 30.3 Å². The topological polar surface area (TPSA) is 40.5 Å². The first-order chi connectivity index (χ1) is 8.25. The zero-order valence-corrected chi connectivity index (χ0v) is 10.0. The van der Waals surface area contributed by atoms with E-state index in [9.17, 15) is 4.79 Å². The van der Waals surface area contributed by atoms with E-state index in [0.717, 1.165) is 26.1 Å². The van der Waals surface area contributed by atoms with Crippen LogP contribution < -0.4 is 0 Å². The van der Waals surface area contributed by atoms with E-state index >= 15 is 0 Å². The quantitative estimate of drug-likeness (QED) is 0.848. The molecule has 92 valence electrons. The average molecular weight is 233 g/mol. The Bertz CT molecular complexity index is 364. The van der Waals surface area contributed by atoms with Crippen LogP contribution in [0.2, 0.25) is 0 Å². The van der Waals surface area contributed by atoms with Crippen LogP contribution in [0.1, 0.15) is 30.7 Å². The maximum Gasteiger partial charge on any atom is 0.303 e. The molecule has 0 spiro atoms. The van der Waals surface area contributed by atoms with Gasteiger partial charge in [0.1, 0.15) is 0 Å². The molecule has 0 saturated carbocycles. The lowest BCUT2D eigenvalue weighted by atomic mass is 9.99. The molecule has 1 aliphatic heterocycles. The zero-order valence-electron chi connectivity index (χ0n) is 10.0. The molecule has 0 amide bonds. The molecule has 1 fully saturated rings. The van der Waals surface area contributed by atoms with Crippen molar-refractivity contribution in [2.75, 3.05) is 19.6 Å². The van der Waals surface area contributed by atoms with Crippen LogP contribution in [0.25, 0.3) is 0 Å². The summed E-state index contributed by atoms with van der Waals surface area (Å²) >= 11 is 0. The highest BCUT2D eigenvalue weighted by atomic mass is 16.4. The molecule has 1 unspecified atom stereocenters. The van der Waals surface area contributed by atoms with Gasteiger partial charge >= 0.3 is 5.97 Å². The number of likely N-dealkylation sites (tertiary alicyclic amines) is 1. The van der Waals surface area contributed by atoms with E-state index in [-0.39, 0.29) is 6.42 Å². The summed E-state index contributed by atoms with van der Waals surface area (Å²) in [5.74, 6) is -0.0650. The minimum atomic E-state index is -0.691. The van der Waals surface area contributed by atoms with Crippen molar-refractivity contribution in [2.45, 2.75) is 25.2 Å². The molecule has 1 saturated heterocycles. The van der Waals surface area contributed by atoms with Crippen molar-refractivity contribution in [1.82, 2.24) is 4.90 Å². The van der Waals surface area contributed by atoms with Crippen molar-refractivity contribution < 1.29 is 9.90 Å². The summed E-state index contributed by atoms with van der Waals surface area (Å²) in [5, 5.41) is 8.60. The molecule has 1 atom stereocenters. The lowest BCUT2D eigenvalue weighted by molar-refractivity contribution is -0.137. The summed E-state index contributed by atoms with van der Waals surface area (Å²) in [5.41, 5.74) is 1.41. The van der Waals surface area contributed by atoms with Gasteiger partial charge in [0.15, 0.2) is 0 Å². The standard InChI is InChI=1S/C14H19NO2/c16-14(17)7-4-9-15-10-8-13(11-15)12-5-2-1-3-6-12/h1-3,5-6,13H,4,7-11H2,(H,16,17). The Hall–Kier alpha value is -1.35. The molecule has 3 nitrogen and oxygen atoms in total. The molecule has 17 heavy (non-hydrogen) atoms. The smallest absolute Gasteiger partial charge is 0.303 e. The van der Waals surface area contributed by atoms with Gasteiger partial charge < -0.3 is 10.0 Å². The lowest BCUT2D eigenvalue weighted by Crippen LogP contribution is -2.22. The lowest BCUT2D eigenvalue weighted by Gasteiger charge is -2.15. The second-order valence-corrected chi connectivity index (χ2v) is 4.69. The Labute approximate surface area is 102 Å². The SMILES string of the molecule is O=C(O)CCCN1CCC(c2ccccc2)C1. The van der Waals surface area contributed by atoms with Gasteiger partial charge in [-0.3, -0.25) is 4.79 Å². The minimum absolute atomic E-state index is 0.284. The number of hydrogen-bond acceptors (Lipinski definition) is 2. The summed E-state index contributed by atoms with van der Waals surface area (Å²) in [6.45, 7) is 3.08. The zero-order chi connectivity index (χ0) is 12.1. The molecule has 1 aromatic carbocycles. The predicted molar refractivity (Wildman–Crippen MR) is 67.1 cm³/mol. The molecule has 2 rings (SSSR count). The van der Waals surface area contributed by atoms with E-state index in [0.29, 0.717) is 5.92 Å². The van der Waals surface area contributed by atoms with Crippen LogP contribution >= 0.6 is 0 Å². The molecule has 3 heteroatoms. The van der Waals surface area contributed by atoms with Gasteiger partial charge in [0.05, 0.1) is 0 Å². The van der Waals surface area contributed by atoms with Crippen molar-refractivity contribution in [3.8, 4) is 0 Å². The highest BCUT2D eigenvalue weighted by Gasteiger charge is 2.23. The van der Waals surface area contributed by atoms with Crippen LogP contribution in [0.15, 0.2) is 30.3 Å². The van der Waals surface area contributed by atoms with E-state index in [2.05, 4.69) is 29.2 Å². The second-order valence-electron chi connectivity index (χ2n) is 4.69. The van der Waals surface area contributed by atoms with Gasteiger partial charge in [-0.2, -0.15) is 0 Å². The third-order valence-electron chi connectivity index (χ3n) is 3.41. The number of carbonyl (C=O) groups is 1. The number of carboxylic acids is 1. The van der Waals surface area contributed by atoms with Crippen molar-refractivity contribution in [1.29, 1.82) is 0 Å². The van der Waals surface area contributed by atoms with Crippen LogP contribution in [-0.4, -0.2) is 35.6 Å². The number of carboxylic acid groups (broad SMARTS) is 1. The van der Waals surface area contributed by atoms with Crippen molar-refractivity contribution in [3.63, 3.8) is 0 Å². The van der Waals surface area contributed by atoms with Gasteiger partial charge in [-0.15, -0.1) is 0 Å². The van der Waals surface area contributed by atoms with E-state index in [1.54, 1.807) is 0 Å². The summed E-state index contributed by atoms with van der Waals surface area (Å²) < 4.78 is 0. The van der Waals surface area contributed by atoms with Gasteiger partial charge in [-0.05, 0) is 37.4 Å². The molecule has 0 aliphatic carbocycles. The first-order valence-corrected chi connectivity index (χ1v) is 6.25. The predicted octanol–water partition coefficient (Wildman–Crippen LogP) is 2.34. The minimum Gasteiger partial charge on any atom is -0.481 e. The molecule has 1 aromatic rings. The monoisotopic (exact) mass is 233 g/mol. The van der Waals surface area contributed by atoms with E-state index in [1.165, 1.54) is 12.0 Å². The van der Waals surface area contributed by atoms with Crippen LogP contribution in [0.3, 0.4) is 0 Å². The molecule has 0 bridgehead atoms. The normalized spacial score (nSPS) is 20.6. The Morgan fingerprint density at radius 1 is 1.35 bits per heavy atom. The first-order valence-electron chi connectivity index (χ1n) is 6.25. The summed E-state index contributed by atoms with van der Waals surface area (Å²) in [4.78, 5) is 12.8. The van der Waals surface area contributed by atoms with Crippen molar-refractivity contribution in [2.24, 2.45) is 0 Å². The number of rotatable bonds is 5. The van der Waals surface area contributed by atoms with Gasteiger partial charge in [0, 0.05) is 13.0 Å². The molecular formula is C14H19NO2. The number of nitrogens with zero attached hydrogens (tertiary/aromatic N) is 1. The molecule has 1 heterocycles. The van der Waals surface area contributed by atoms with Gasteiger partial charge in [-0.25, -0.2) is 0 Å². The van der Waals surface area contributed by atoms with E-state index < -0.39 is 5.97 Å². The first kappa shape index (κ1) is 12.1. The maximum absolute atomic E-state index is 10.4. The third-order valence-corrected chi connectivity index (χ3v) is 3.41. The average Bonchev–Trinajstić information content (AvgIpc) is 2.78. The fourth-order valence-electron chi connectivity index (χ4n) is 2.49. The van der Waals surface area contributed by atoms with E-state index in [1.807, 2.05) is 6.07 Å². The Morgan fingerprint density at radius 3 is 2.82 bits per heavy atom. The fraction of sp³-hybridized carbons (Fsp3) is 0.500. The largest absolute Gasteiger partial charge is 0.481 e. The van der Waals surface area contributed by atoms with Crippen LogP contribution in [0.4, 0.5) is 0 Å². The number of hydrogen-bond donors (Lipinski definition) is 1. The van der Waals surface area contributed by atoms with Crippen LogP contribution in [0, 0.1) is 0 Å². The van der Waals surface area contributed by atoms with Crippen molar-refractivity contribution in [3.05, 3.63) is 35.9 Å². The molecule has 0 radical (unpaired) electrons. The highest BCUT2D eigenvalue weighted by Crippen LogP contribution is 2.26. The Kier molecular flexibility index (Phi) is 4.15. The van der Waals surface area contributed by atoms with Gasteiger partial charge in [0.2, 0.25) is 0 Å². The maximum atomic E-state index is 10.4. The van der Waals surface area contributed by atoms with Crippen LogP contribution in [0.5, 0.6) is 0 Å². The molecule has 1 aliphatic rings. The molecule has 1 N–H and O–H groups in total.